The van der Waals surface area contributed by atoms with Gasteiger partial charge in [0.15, 0.2) is 0 Å². The maximum atomic E-state index is 6.00. The molecule has 0 aliphatic rings. The lowest BCUT2D eigenvalue weighted by atomic mass is 10.0. The van der Waals surface area contributed by atoms with Gasteiger partial charge in [-0.1, -0.05) is 12.1 Å². The summed E-state index contributed by atoms with van der Waals surface area (Å²) in [5.41, 5.74) is 6.02. The predicted octanol–water partition coefficient (Wildman–Crippen LogP) is 1.11. The van der Waals surface area contributed by atoms with Gasteiger partial charge in [-0.3, -0.25) is 0 Å². The lowest BCUT2D eigenvalue weighted by Gasteiger charge is -2.16. The second-order valence-corrected chi connectivity index (χ2v) is 3.79. The molecule has 0 spiro atoms. The zero-order valence-corrected chi connectivity index (χ0v) is 9.21. The minimum Gasteiger partial charge on any atom is -0.337 e. The quantitative estimate of drug-likeness (QED) is 0.831. The van der Waals surface area contributed by atoms with Gasteiger partial charge in [0, 0.05) is 6.20 Å². The molecule has 2 N–H and O–H groups in total. The first kappa shape index (κ1) is 10.7. The molecule has 84 valence electrons. The Bertz CT molecular complexity index is 465. The summed E-state index contributed by atoms with van der Waals surface area (Å²) >= 11 is 0. The van der Waals surface area contributed by atoms with Gasteiger partial charge in [-0.2, -0.15) is 4.98 Å². The van der Waals surface area contributed by atoms with Crippen LogP contribution in [0, 0.1) is 0 Å². The van der Waals surface area contributed by atoms with Crippen LogP contribution in [0.5, 0.6) is 0 Å². The number of aromatic nitrogens is 4. The molecule has 16 heavy (non-hydrogen) atoms. The van der Waals surface area contributed by atoms with Crippen LogP contribution in [0.4, 0.5) is 0 Å². The highest BCUT2D eigenvalue weighted by atomic mass is 16.5. The molecule has 6 heteroatoms. The summed E-state index contributed by atoms with van der Waals surface area (Å²) in [7, 11) is 0. The molecule has 0 radical (unpaired) electrons. The van der Waals surface area contributed by atoms with Gasteiger partial charge in [0.2, 0.25) is 11.7 Å². The second-order valence-electron chi connectivity index (χ2n) is 3.79. The van der Waals surface area contributed by atoms with Crippen LogP contribution < -0.4 is 5.73 Å². The van der Waals surface area contributed by atoms with E-state index in [1.165, 1.54) is 6.33 Å². The Hall–Kier alpha value is -1.82. The molecule has 2 heterocycles. The van der Waals surface area contributed by atoms with Gasteiger partial charge in [0.1, 0.15) is 12.0 Å². The van der Waals surface area contributed by atoms with Crippen molar-refractivity contribution in [3.05, 3.63) is 24.5 Å². The Morgan fingerprint density at radius 3 is 2.94 bits per heavy atom. The summed E-state index contributed by atoms with van der Waals surface area (Å²) in [5, 5.41) is 3.84. The fourth-order valence-corrected chi connectivity index (χ4v) is 1.13. The summed E-state index contributed by atoms with van der Waals surface area (Å²) in [5.74, 6) is 0.853. The fraction of sp³-hybridized carbons (Fsp3) is 0.400. The van der Waals surface area contributed by atoms with Crippen molar-refractivity contribution >= 4 is 0 Å². The van der Waals surface area contributed by atoms with Crippen LogP contribution in [0.3, 0.4) is 0 Å². The van der Waals surface area contributed by atoms with Crippen molar-refractivity contribution in [3.8, 4) is 11.5 Å². The Morgan fingerprint density at radius 2 is 2.31 bits per heavy atom. The van der Waals surface area contributed by atoms with E-state index in [0.29, 0.717) is 17.4 Å². The minimum atomic E-state index is -0.599. The first-order chi connectivity index (χ1) is 7.63. The van der Waals surface area contributed by atoms with Crippen LogP contribution in [0.2, 0.25) is 0 Å². The van der Waals surface area contributed by atoms with Gasteiger partial charge in [0.05, 0.1) is 5.54 Å². The first-order valence-corrected chi connectivity index (χ1v) is 5.03. The van der Waals surface area contributed by atoms with E-state index < -0.39 is 5.54 Å². The second kappa shape index (κ2) is 3.97. The third-order valence-electron chi connectivity index (χ3n) is 2.46. The van der Waals surface area contributed by atoms with Crippen molar-refractivity contribution in [3.63, 3.8) is 0 Å². The van der Waals surface area contributed by atoms with Gasteiger partial charge in [-0.15, -0.1) is 0 Å². The third-order valence-corrected chi connectivity index (χ3v) is 2.46. The standard InChI is InChI=1S/C10H13N5O/c1-3-10(2,11)9-14-8(15-16-9)7-4-5-12-6-13-7/h4-6H,3,11H2,1-2H3. The van der Waals surface area contributed by atoms with E-state index in [-0.39, 0.29) is 0 Å². The molecule has 0 aliphatic heterocycles. The zero-order chi connectivity index (χ0) is 11.6. The third kappa shape index (κ3) is 1.92. The first-order valence-electron chi connectivity index (χ1n) is 5.03. The predicted molar refractivity (Wildman–Crippen MR) is 57.2 cm³/mol. The Labute approximate surface area is 92.9 Å². The maximum Gasteiger partial charge on any atom is 0.246 e. The monoisotopic (exact) mass is 219 g/mol. The molecular formula is C10H13N5O. The molecule has 6 nitrogen and oxygen atoms in total. The van der Waals surface area contributed by atoms with Crippen LogP contribution in [-0.4, -0.2) is 20.1 Å². The van der Waals surface area contributed by atoms with E-state index in [2.05, 4.69) is 20.1 Å². The molecule has 0 saturated heterocycles. The van der Waals surface area contributed by atoms with Crippen molar-refractivity contribution in [1.82, 2.24) is 20.1 Å². The summed E-state index contributed by atoms with van der Waals surface area (Å²) in [6, 6.07) is 1.72. The van der Waals surface area contributed by atoms with E-state index in [1.54, 1.807) is 12.3 Å². The molecule has 0 aromatic carbocycles. The Kier molecular flexibility index (Phi) is 2.66. The molecule has 2 aromatic rings. The van der Waals surface area contributed by atoms with Crippen LogP contribution in [0.15, 0.2) is 23.1 Å². The van der Waals surface area contributed by atoms with Crippen LogP contribution in [0.25, 0.3) is 11.5 Å². The fourth-order valence-electron chi connectivity index (χ4n) is 1.13. The largest absolute Gasteiger partial charge is 0.337 e. The van der Waals surface area contributed by atoms with Crippen molar-refractivity contribution in [1.29, 1.82) is 0 Å². The van der Waals surface area contributed by atoms with E-state index in [1.807, 2.05) is 13.8 Å². The molecule has 0 saturated carbocycles. The molecule has 0 amide bonds. The van der Waals surface area contributed by atoms with Gasteiger partial charge in [-0.05, 0) is 19.4 Å². The Balaban J connectivity index is 2.34. The number of hydrogen-bond acceptors (Lipinski definition) is 6. The minimum absolute atomic E-state index is 0.420. The topological polar surface area (TPSA) is 90.7 Å². The van der Waals surface area contributed by atoms with Crippen molar-refractivity contribution in [2.75, 3.05) is 0 Å². The molecule has 0 aliphatic carbocycles. The van der Waals surface area contributed by atoms with Crippen LogP contribution in [0.1, 0.15) is 26.2 Å². The number of nitrogens with two attached hydrogens (primary N) is 1. The number of rotatable bonds is 3. The zero-order valence-electron chi connectivity index (χ0n) is 9.21. The van der Waals surface area contributed by atoms with E-state index in [9.17, 15) is 0 Å². The van der Waals surface area contributed by atoms with E-state index >= 15 is 0 Å². The summed E-state index contributed by atoms with van der Waals surface area (Å²) < 4.78 is 5.13. The van der Waals surface area contributed by atoms with Crippen molar-refractivity contribution < 1.29 is 4.52 Å². The van der Waals surface area contributed by atoms with Gasteiger partial charge < -0.3 is 10.3 Å². The smallest absolute Gasteiger partial charge is 0.246 e. The molecule has 0 bridgehead atoms. The molecule has 1 atom stereocenters. The van der Waals surface area contributed by atoms with Gasteiger partial charge in [0.25, 0.3) is 0 Å². The lowest BCUT2D eigenvalue weighted by Crippen LogP contribution is -2.32. The SMILES string of the molecule is CCC(C)(N)c1nc(-c2ccncn2)no1. The van der Waals surface area contributed by atoms with Gasteiger partial charge >= 0.3 is 0 Å². The van der Waals surface area contributed by atoms with Gasteiger partial charge in [-0.25, -0.2) is 9.97 Å². The molecule has 2 rings (SSSR count). The summed E-state index contributed by atoms with van der Waals surface area (Å²) in [4.78, 5) is 12.1. The normalized spacial score (nSPS) is 14.7. The average molecular weight is 219 g/mol. The summed E-state index contributed by atoms with van der Waals surface area (Å²) in [6.07, 6.45) is 3.78. The highest BCUT2D eigenvalue weighted by molar-refractivity contribution is 5.46. The maximum absolute atomic E-state index is 6.00. The van der Waals surface area contributed by atoms with E-state index in [4.69, 9.17) is 10.3 Å². The molecular weight excluding hydrogens is 206 g/mol. The number of nitrogens with zero attached hydrogens (tertiary/aromatic N) is 4. The number of hydrogen-bond donors (Lipinski definition) is 1. The lowest BCUT2D eigenvalue weighted by molar-refractivity contribution is 0.291. The van der Waals surface area contributed by atoms with Crippen LogP contribution >= 0.6 is 0 Å². The average Bonchev–Trinajstić information content (AvgIpc) is 2.80. The van der Waals surface area contributed by atoms with Crippen LogP contribution in [-0.2, 0) is 5.54 Å². The highest BCUT2D eigenvalue weighted by Gasteiger charge is 2.26. The molecule has 0 fully saturated rings. The van der Waals surface area contributed by atoms with Crippen molar-refractivity contribution in [2.24, 2.45) is 5.73 Å². The summed E-state index contributed by atoms with van der Waals surface area (Å²) in [6.45, 7) is 3.82. The molecule has 2 aromatic heterocycles. The molecule has 1 unspecified atom stereocenters. The highest BCUT2D eigenvalue weighted by Crippen LogP contribution is 2.21. The van der Waals surface area contributed by atoms with Crippen molar-refractivity contribution in [2.45, 2.75) is 25.8 Å². The Morgan fingerprint density at radius 1 is 1.50 bits per heavy atom. The van der Waals surface area contributed by atoms with E-state index in [0.717, 1.165) is 6.42 Å².